The summed E-state index contributed by atoms with van der Waals surface area (Å²) in [6.45, 7) is 3.99. The molecule has 0 unspecified atom stereocenters. The molecule has 0 radical (unpaired) electrons. The van der Waals surface area contributed by atoms with E-state index in [1.807, 2.05) is 50.2 Å². The molecule has 5 heteroatoms. The largest absolute Gasteiger partial charge is 0.478 e. The number of nitrogens with zero attached hydrogens (tertiary/aromatic N) is 1. The highest BCUT2D eigenvalue weighted by Gasteiger charge is 2.28. The van der Waals surface area contributed by atoms with E-state index in [0.717, 1.165) is 68.9 Å². The highest BCUT2D eigenvalue weighted by Crippen LogP contribution is 2.46. The zero-order valence-corrected chi connectivity index (χ0v) is 19.8. The van der Waals surface area contributed by atoms with Gasteiger partial charge in [0.15, 0.2) is 0 Å². The number of aliphatic carboxylic acids is 1. The molecule has 0 spiro atoms. The van der Waals surface area contributed by atoms with E-state index in [9.17, 15) is 9.18 Å². The van der Waals surface area contributed by atoms with Gasteiger partial charge in [-0.3, -0.25) is 5.10 Å². The van der Waals surface area contributed by atoms with Crippen LogP contribution >= 0.6 is 0 Å². The monoisotopic (exact) mass is 466 g/mol. The molecule has 1 heterocycles. The molecule has 1 saturated carbocycles. The Morgan fingerprint density at radius 2 is 1.77 bits per heavy atom. The summed E-state index contributed by atoms with van der Waals surface area (Å²) in [5.41, 5.74) is 9.24. The van der Waals surface area contributed by atoms with Crippen LogP contribution in [-0.2, 0) is 4.79 Å². The second-order valence-corrected chi connectivity index (χ2v) is 9.25. The van der Waals surface area contributed by atoms with Gasteiger partial charge in [-0.05, 0) is 102 Å². The van der Waals surface area contributed by atoms with Crippen molar-refractivity contribution in [3.8, 4) is 0 Å². The number of carbonyl (C=O) groups is 1. The van der Waals surface area contributed by atoms with Gasteiger partial charge in [0, 0.05) is 17.2 Å². The van der Waals surface area contributed by atoms with E-state index in [-0.39, 0.29) is 5.82 Å². The third kappa shape index (κ3) is 4.54. The lowest BCUT2D eigenvalue weighted by Gasteiger charge is -2.32. The van der Waals surface area contributed by atoms with Crippen LogP contribution in [0.25, 0.3) is 28.1 Å². The van der Waals surface area contributed by atoms with Gasteiger partial charge in [0.25, 0.3) is 0 Å². The Kier molecular flexibility index (Phi) is 6.08. The molecule has 0 saturated heterocycles. The van der Waals surface area contributed by atoms with Crippen molar-refractivity contribution in [3.05, 3.63) is 106 Å². The van der Waals surface area contributed by atoms with Crippen LogP contribution in [0.3, 0.4) is 0 Å². The molecule has 2 N–H and O–H groups in total. The number of hydrogen-bond acceptors (Lipinski definition) is 2. The first kappa shape index (κ1) is 22.8. The smallest absolute Gasteiger partial charge is 0.328 e. The summed E-state index contributed by atoms with van der Waals surface area (Å²) in [5, 5.41) is 17.5. The number of aromatic amines is 1. The molecule has 1 fully saturated rings. The second-order valence-electron chi connectivity index (χ2n) is 9.25. The van der Waals surface area contributed by atoms with Crippen LogP contribution < -0.4 is 0 Å². The Morgan fingerprint density at radius 1 is 1.03 bits per heavy atom. The van der Waals surface area contributed by atoms with Crippen molar-refractivity contribution in [1.29, 1.82) is 0 Å². The Morgan fingerprint density at radius 3 is 2.43 bits per heavy atom. The van der Waals surface area contributed by atoms with Crippen LogP contribution in [0, 0.1) is 25.6 Å². The van der Waals surface area contributed by atoms with Crippen LogP contribution in [0.5, 0.6) is 0 Å². The van der Waals surface area contributed by atoms with Gasteiger partial charge in [0.05, 0.1) is 5.52 Å². The maximum Gasteiger partial charge on any atom is 0.328 e. The van der Waals surface area contributed by atoms with Crippen molar-refractivity contribution in [1.82, 2.24) is 10.2 Å². The average Bonchev–Trinajstić information content (AvgIpc) is 3.17. The lowest BCUT2D eigenvalue weighted by molar-refractivity contribution is -0.131. The molecule has 176 valence electrons. The molecule has 1 aliphatic rings. The van der Waals surface area contributed by atoms with Crippen LogP contribution in [-0.4, -0.2) is 21.3 Å². The molecule has 0 amide bonds. The number of H-pyrrole nitrogens is 1. The highest BCUT2D eigenvalue weighted by molar-refractivity contribution is 6.02. The lowest BCUT2D eigenvalue weighted by atomic mass is 9.72. The first-order chi connectivity index (χ1) is 16.9. The fourth-order valence-electron chi connectivity index (χ4n) is 4.88. The molecular formula is C30H27FN2O2. The summed E-state index contributed by atoms with van der Waals surface area (Å²) in [4.78, 5) is 10.9. The zero-order chi connectivity index (χ0) is 24.5. The average molecular weight is 467 g/mol. The van der Waals surface area contributed by atoms with Gasteiger partial charge in [-0.25, -0.2) is 9.18 Å². The third-order valence-corrected chi connectivity index (χ3v) is 6.91. The van der Waals surface area contributed by atoms with Gasteiger partial charge in [-0.2, -0.15) is 5.10 Å². The molecule has 5 rings (SSSR count). The van der Waals surface area contributed by atoms with Gasteiger partial charge in [-0.15, -0.1) is 0 Å². The van der Waals surface area contributed by atoms with Crippen molar-refractivity contribution in [2.24, 2.45) is 5.92 Å². The Bertz CT molecular complexity index is 1470. The number of hydrogen-bond donors (Lipinski definition) is 2. The Labute approximate surface area is 203 Å². The number of carboxylic acids is 1. The highest BCUT2D eigenvalue weighted by atomic mass is 19.1. The van der Waals surface area contributed by atoms with E-state index in [1.165, 1.54) is 12.0 Å². The first-order valence-corrected chi connectivity index (χ1v) is 11.9. The van der Waals surface area contributed by atoms with Crippen molar-refractivity contribution >= 4 is 34.1 Å². The summed E-state index contributed by atoms with van der Waals surface area (Å²) >= 11 is 0. The number of rotatable bonds is 6. The molecule has 0 aliphatic heterocycles. The zero-order valence-electron chi connectivity index (χ0n) is 19.8. The number of aromatic nitrogens is 2. The van der Waals surface area contributed by atoms with E-state index in [1.54, 1.807) is 18.2 Å². The standard InChI is InChI=1S/C30H27FN2O2/c1-18-16-24(31)12-13-25(18)30(21-4-3-5-21)29(22-9-6-20(7-10-22)8-15-28(34)35)23-11-14-27-26(17-23)19(2)32-33-27/h6-17,21H,3-5H2,1-2H3,(H,32,33)(H,34,35)/b15-8+,30-29+. The summed E-state index contributed by atoms with van der Waals surface area (Å²) < 4.78 is 14.0. The van der Waals surface area contributed by atoms with Gasteiger partial charge >= 0.3 is 5.97 Å². The number of benzene rings is 3. The second kappa shape index (κ2) is 9.34. The van der Waals surface area contributed by atoms with Crippen LogP contribution in [0.2, 0.25) is 0 Å². The van der Waals surface area contributed by atoms with Crippen LogP contribution in [0.4, 0.5) is 4.39 Å². The van der Waals surface area contributed by atoms with Crippen molar-refractivity contribution in [2.75, 3.05) is 0 Å². The molecular weight excluding hydrogens is 439 g/mol. The molecule has 4 nitrogen and oxygen atoms in total. The quantitative estimate of drug-likeness (QED) is 0.234. The minimum atomic E-state index is -0.975. The lowest BCUT2D eigenvalue weighted by Crippen LogP contribution is -2.16. The summed E-state index contributed by atoms with van der Waals surface area (Å²) in [7, 11) is 0. The van der Waals surface area contributed by atoms with Gasteiger partial charge < -0.3 is 5.11 Å². The Balaban J connectivity index is 1.76. The van der Waals surface area contributed by atoms with E-state index >= 15 is 0 Å². The predicted octanol–water partition coefficient (Wildman–Crippen LogP) is 7.18. The number of nitrogens with one attached hydrogen (secondary N) is 1. The SMILES string of the molecule is Cc1cc(F)ccc1/C(=C(\c1ccc(/C=C/C(=O)O)cc1)c1ccc2n[nH]c(C)c2c1)C1CCC1. The van der Waals surface area contributed by atoms with Crippen molar-refractivity contribution < 1.29 is 14.3 Å². The fourth-order valence-corrected chi connectivity index (χ4v) is 4.88. The number of halogens is 1. The normalized spacial score (nSPS) is 14.8. The minimum absolute atomic E-state index is 0.231. The van der Waals surface area contributed by atoms with E-state index in [0.29, 0.717) is 5.92 Å². The third-order valence-electron chi connectivity index (χ3n) is 6.91. The minimum Gasteiger partial charge on any atom is -0.478 e. The van der Waals surface area contributed by atoms with Crippen LogP contribution in [0.15, 0.2) is 66.7 Å². The van der Waals surface area contributed by atoms with Crippen LogP contribution in [0.1, 0.15) is 52.8 Å². The molecule has 0 bridgehead atoms. The molecule has 3 aromatic carbocycles. The summed E-state index contributed by atoms with van der Waals surface area (Å²) in [6, 6.07) is 19.3. The predicted molar refractivity (Wildman–Crippen MR) is 138 cm³/mol. The van der Waals surface area contributed by atoms with E-state index in [4.69, 9.17) is 5.11 Å². The molecule has 4 aromatic rings. The van der Waals surface area contributed by atoms with E-state index in [2.05, 4.69) is 22.3 Å². The van der Waals surface area contributed by atoms with Gasteiger partial charge in [-0.1, -0.05) is 42.8 Å². The number of aryl methyl sites for hydroxylation is 2. The first-order valence-electron chi connectivity index (χ1n) is 11.9. The molecule has 0 atom stereocenters. The van der Waals surface area contributed by atoms with Crippen molar-refractivity contribution in [3.63, 3.8) is 0 Å². The maximum atomic E-state index is 14.0. The van der Waals surface area contributed by atoms with E-state index < -0.39 is 5.97 Å². The maximum absolute atomic E-state index is 14.0. The summed E-state index contributed by atoms with van der Waals surface area (Å²) in [5.74, 6) is -0.815. The number of carboxylic acid groups (broad SMARTS) is 1. The summed E-state index contributed by atoms with van der Waals surface area (Å²) in [6.07, 6.45) is 6.11. The molecule has 1 aliphatic carbocycles. The van der Waals surface area contributed by atoms with Gasteiger partial charge in [0.2, 0.25) is 0 Å². The molecule has 35 heavy (non-hydrogen) atoms. The Hall–Kier alpha value is -3.99. The van der Waals surface area contributed by atoms with Crippen molar-refractivity contribution in [2.45, 2.75) is 33.1 Å². The fraction of sp³-hybridized carbons (Fsp3) is 0.200. The number of fused-ring (bicyclic) bond motifs is 1. The molecule has 1 aromatic heterocycles. The van der Waals surface area contributed by atoms with Gasteiger partial charge in [0.1, 0.15) is 5.82 Å². The topological polar surface area (TPSA) is 66.0 Å². The number of allylic oxidation sites excluding steroid dienone is 1.